The summed E-state index contributed by atoms with van der Waals surface area (Å²) < 4.78 is 10.7. The highest BCUT2D eigenvalue weighted by atomic mass is 31.2. The Morgan fingerprint density at radius 1 is 1.40 bits per heavy atom. The second-order valence-electron chi connectivity index (χ2n) is 4.20. The van der Waals surface area contributed by atoms with E-state index in [2.05, 4.69) is 5.32 Å². The van der Waals surface area contributed by atoms with E-state index in [1.54, 1.807) is 31.2 Å². The van der Waals surface area contributed by atoms with Gasteiger partial charge in [0.2, 0.25) is 0 Å². The lowest BCUT2D eigenvalue weighted by molar-refractivity contribution is -0.0639. The summed E-state index contributed by atoms with van der Waals surface area (Å²) in [5.41, 5.74) is 0.999. The Balaban J connectivity index is 2.52. The number of aliphatic hydroxyl groups excluding tert-OH is 1. The molecule has 9 heteroatoms. The predicted molar refractivity (Wildman–Crippen MR) is 70.1 cm³/mol. The molecule has 20 heavy (non-hydrogen) atoms. The summed E-state index contributed by atoms with van der Waals surface area (Å²) in [4.78, 5) is 29.2. The average Bonchev–Trinajstić information content (AvgIpc) is 2.37. The first kappa shape index (κ1) is 16.8. The lowest BCUT2D eigenvalue weighted by Crippen LogP contribution is -2.39. The van der Waals surface area contributed by atoms with Gasteiger partial charge in [-0.15, -0.1) is 0 Å². The first-order valence-corrected chi connectivity index (χ1v) is 7.42. The van der Waals surface area contributed by atoms with Crippen molar-refractivity contribution in [3.8, 4) is 0 Å². The topological polar surface area (TPSA) is 130 Å². The third-order valence-corrected chi connectivity index (χ3v) is 3.55. The van der Waals surface area contributed by atoms with Crippen LogP contribution in [0.3, 0.4) is 0 Å². The number of carbonyl (C=O) groups excluding carboxylic acids is 1. The van der Waals surface area contributed by atoms with Gasteiger partial charge in [0.1, 0.15) is 0 Å². The second-order valence-corrected chi connectivity index (χ2v) is 5.98. The van der Waals surface area contributed by atoms with Crippen molar-refractivity contribution < 1.29 is 29.5 Å². The van der Waals surface area contributed by atoms with Gasteiger partial charge < -0.3 is 14.9 Å². The van der Waals surface area contributed by atoms with Crippen LogP contribution in [0.15, 0.2) is 24.3 Å². The molecule has 1 atom stereocenters. The molecule has 0 bridgehead atoms. The minimum absolute atomic E-state index is 0.312. The number of benzene rings is 1. The minimum Gasteiger partial charge on any atom is -0.379 e. The third-order valence-electron chi connectivity index (χ3n) is 2.59. The molecule has 0 saturated heterocycles. The van der Waals surface area contributed by atoms with Crippen LogP contribution < -0.4 is 5.32 Å². The number of carbonyl (C=O) groups is 1. The molecule has 1 unspecified atom stereocenters. The number of aliphatic hydroxyl groups is 1. The van der Waals surface area contributed by atoms with Gasteiger partial charge in [0, 0.05) is 12.1 Å². The van der Waals surface area contributed by atoms with Crippen LogP contribution in [-0.4, -0.2) is 50.1 Å². The van der Waals surface area contributed by atoms with E-state index in [1.165, 1.54) is 0 Å². The third kappa shape index (κ3) is 4.68. The number of hydroxylamine groups is 2. The van der Waals surface area contributed by atoms with Crippen LogP contribution in [0, 0.1) is 6.92 Å². The Morgan fingerprint density at radius 3 is 2.55 bits per heavy atom. The highest BCUT2D eigenvalue weighted by Crippen LogP contribution is 2.38. The monoisotopic (exact) mass is 304 g/mol. The molecule has 0 fully saturated rings. The number of hydrogen-bond acceptors (Lipinski definition) is 5. The van der Waals surface area contributed by atoms with Gasteiger partial charge in [-0.1, -0.05) is 18.2 Å². The molecule has 1 aromatic carbocycles. The van der Waals surface area contributed by atoms with E-state index in [0.29, 0.717) is 16.2 Å². The molecule has 8 nitrogen and oxygen atoms in total. The molecule has 5 N–H and O–H groups in total. The van der Waals surface area contributed by atoms with Crippen molar-refractivity contribution >= 4 is 13.5 Å². The van der Waals surface area contributed by atoms with Gasteiger partial charge in [0.05, 0.1) is 6.67 Å². The lowest BCUT2D eigenvalue weighted by Gasteiger charge is -2.18. The molecule has 0 spiro atoms. The Hall–Kier alpha value is -1.28. The number of amides is 1. The van der Waals surface area contributed by atoms with Gasteiger partial charge in [0.15, 0.2) is 5.85 Å². The van der Waals surface area contributed by atoms with E-state index in [0.717, 1.165) is 0 Å². The summed E-state index contributed by atoms with van der Waals surface area (Å²) >= 11 is 0. The summed E-state index contributed by atoms with van der Waals surface area (Å²) in [6.45, 7) is 0.888. The normalized spacial score (nSPS) is 13.1. The van der Waals surface area contributed by atoms with Crippen molar-refractivity contribution in [3.63, 3.8) is 0 Å². The van der Waals surface area contributed by atoms with Gasteiger partial charge in [-0.25, -0.2) is 5.06 Å². The van der Waals surface area contributed by atoms with Gasteiger partial charge in [-0.2, -0.15) is 0 Å². The van der Waals surface area contributed by atoms with E-state index >= 15 is 0 Å². The van der Waals surface area contributed by atoms with Crippen LogP contribution in [0.5, 0.6) is 0 Å². The smallest absolute Gasteiger partial charge is 0.355 e. The first-order chi connectivity index (χ1) is 9.23. The highest BCUT2D eigenvalue weighted by molar-refractivity contribution is 7.52. The Bertz CT molecular complexity index is 517. The van der Waals surface area contributed by atoms with Crippen LogP contribution in [0.25, 0.3) is 0 Å². The van der Waals surface area contributed by atoms with Crippen molar-refractivity contribution in [3.05, 3.63) is 35.4 Å². The van der Waals surface area contributed by atoms with Crippen LogP contribution >= 0.6 is 7.60 Å². The molecular formula is C11H17N2O6P. The Kier molecular flexibility index (Phi) is 5.82. The van der Waals surface area contributed by atoms with Gasteiger partial charge >= 0.3 is 7.60 Å². The van der Waals surface area contributed by atoms with E-state index in [4.69, 9.17) is 14.9 Å². The zero-order valence-electron chi connectivity index (χ0n) is 10.8. The minimum atomic E-state index is -4.60. The number of aryl methyl sites for hydroxylation is 1. The van der Waals surface area contributed by atoms with E-state index in [1.807, 2.05) is 0 Å². The van der Waals surface area contributed by atoms with Crippen LogP contribution in [0.4, 0.5) is 0 Å². The SMILES string of the molecule is Cc1ccccc1C(=O)N(O)CNCC(O)P(=O)(O)O. The molecule has 1 amide bonds. The summed E-state index contributed by atoms with van der Waals surface area (Å²) in [5, 5.41) is 21.4. The molecule has 0 aliphatic heterocycles. The molecule has 0 aliphatic rings. The summed E-state index contributed by atoms with van der Waals surface area (Å²) in [6, 6.07) is 6.67. The molecular weight excluding hydrogens is 287 g/mol. The summed E-state index contributed by atoms with van der Waals surface area (Å²) in [5.74, 6) is -2.54. The van der Waals surface area contributed by atoms with Crippen molar-refractivity contribution in [2.24, 2.45) is 0 Å². The average molecular weight is 304 g/mol. The van der Waals surface area contributed by atoms with Crippen molar-refractivity contribution in [1.82, 2.24) is 10.4 Å². The molecule has 0 aromatic heterocycles. The fourth-order valence-electron chi connectivity index (χ4n) is 1.44. The molecule has 0 aliphatic carbocycles. The molecule has 1 rings (SSSR count). The summed E-state index contributed by atoms with van der Waals surface area (Å²) in [7, 11) is -4.60. The molecule has 1 aromatic rings. The summed E-state index contributed by atoms with van der Waals surface area (Å²) in [6.07, 6.45) is 0. The van der Waals surface area contributed by atoms with Gasteiger partial charge in [0.25, 0.3) is 5.91 Å². The van der Waals surface area contributed by atoms with Gasteiger partial charge in [-0.05, 0) is 18.6 Å². The van der Waals surface area contributed by atoms with E-state index < -0.39 is 25.9 Å². The van der Waals surface area contributed by atoms with E-state index in [9.17, 15) is 14.6 Å². The Morgan fingerprint density at radius 2 is 2.00 bits per heavy atom. The van der Waals surface area contributed by atoms with Crippen LogP contribution in [-0.2, 0) is 4.57 Å². The zero-order valence-corrected chi connectivity index (χ0v) is 11.7. The highest BCUT2D eigenvalue weighted by Gasteiger charge is 2.26. The number of nitrogens with one attached hydrogen (secondary N) is 1. The molecule has 0 heterocycles. The van der Waals surface area contributed by atoms with Crippen LogP contribution in [0.1, 0.15) is 15.9 Å². The first-order valence-electron chi connectivity index (χ1n) is 5.74. The fraction of sp³-hybridized carbons (Fsp3) is 0.364. The van der Waals surface area contributed by atoms with Crippen molar-refractivity contribution in [2.75, 3.05) is 13.2 Å². The quantitative estimate of drug-likeness (QED) is 0.214. The molecule has 0 saturated carbocycles. The standard InChI is InChI=1S/C11H17N2O6P/c1-8-4-2-3-5-9(8)11(15)13(16)7-12-6-10(14)20(17,18)19/h2-5,10,12,14,16H,6-7H2,1H3,(H2,17,18,19). The maximum atomic E-state index is 11.9. The number of nitrogens with zero attached hydrogens (tertiary/aromatic N) is 1. The van der Waals surface area contributed by atoms with E-state index in [-0.39, 0.29) is 6.67 Å². The number of rotatable bonds is 6. The predicted octanol–water partition coefficient (Wildman–Crippen LogP) is -0.130. The van der Waals surface area contributed by atoms with Gasteiger partial charge in [-0.3, -0.25) is 19.9 Å². The lowest BCUT2D eigenvalue weighted by atomic mass is 10.1. The largest absolute Gasteiger partial charge is 0.379 e. The fourth-order valence-corrected chi connectivity index (χ4v) is 1.81. The number of hydrogen-bond donors (Lipinski definition) is 5. The zero-order chi connectivity index (χ0) is 15.3. The second kappa shape index (κ2) is 6.94. The van der Waals surface area contributed by atoms with Crippen molar-refractivity contribution in [2.45, 2.75) is 12.8 Å². The van der Waals surface area contributed by atoms with Crippen LogP contribution in [0.2, 0.25) is 0 Å². The maximum Gasteiger partial charge on any atom is 0.355 e. The Labute approximate surface area is 115 Å². The van der Waals surface area contributed by atoms with Crippen molar-refractivity contribution in [1.29, 1.82) is 0 Å². The molecule has 0 radical (unpaired) electrons. The molecule has 112 valence electrons. The maximum absolute atomic E-state index is 11.9.